The summed E-state index contributed by atoms with van der Waals surface area (Å²) in [4.78, 5) is 28.0. The number of hydrogen-bond acceptors (Lipinski definition) is 7. The van der Waals surface area contributed by atoms with Crippen molar-refractivity contribution in [3.05, 3.63) is 53.6 Å². The van der Waals surface area contributed by atoms with Crippen LogP contribution in [-0.2, 0) is 4.79 Å². The number of amides is 1. The van der Waals surface area contributed by atoms with Gasteiger partial charge in [-0.3, -0.25) is 14.5 Å². The Morgan fingerprint density at radius 3 is 2.52 bits per heavy atom. The van der Waals surface area contributed by atoms with Crippen LogP contribution in [0.25, 0.3) is 0 Å². The van der Waals surface area contributed by atoms with Gasteiger partial charge < -0.3 is 24.6 Å². The number of rotatable bonds is 10. The number of carbonyl (C=O) groups excluding carboxylic acids is 2. The molecule has 2 saturated heterocycles. The van der Waals surface area contributed by atoms with Gasteiger partial charge in [-0.25, -0.2) is 0 Å². The van der Waals surface area contributed by atoms with E-state index in [1.807, 2.05) is 18.2 Å². The summed E-state index contributed by atoms with van der Waals surface area (Å²) >= 11 is 0. The molecule has 1 amide bonds. The lowest BCUT2D eigenvalue weighted by atomic mass is 9.75. The highest BCUT2D eigenvalue weighted by atomic mass is 16.6. The molecule has 0 bridgehead atoms. The summed E-state index contributed by atoms with van der Waals surface area (Å²) in [6.45, 7) is 3.96. The normalized spacial score (nSPS) is 26.0. The Bertz CT molecular complexity index is 1170. The molecule has 0 radical (unpaired) electrons. The van der Waals surface area contributed by atoms with Gasteiger partial charge in [-0.05, 0) is 74.6 Å². The average molecular weight is 551 g/mol. The molecule has 3 aliphatic rings. The SMILES string of the molecule is COc1ccc(C(=O)CCCCCC(=O)N[C@@H]2CN3C(C)CCCC3C(O)[C@@H]2c2ccc3c(c2)OCCO3)cc1. The Balaban J connectivity index is 1.18. The lowest BCUT2D eigenvalue weighted by molar-refractivity contribution is -0.124. The fourth-order valence-corrected chi connectivity index (χ4v) is 6.56. The molecule has 0 aliphatic carbocycles. The Labute approximate surface area is 237 Å². The highest BCUT2D eigenvalue weighted by Gasteiger charge is 2.46. The lowest BCUT2D eigenvalue weighted by Gasteiger charge is -2.52. The number of aliphatic hydroxyl groups excluding tert-OH is 1. The van der Waals surface area contributed by atoms with Crippen molar-refractivity contribution in [2.45, 2.75) is 88.4 Å². The molecule has 2 fully saturated rings. The van der Waals surface area contributed by atoms with Crippen LogP contribution in [0, 0.1) is 0 Å². The Hall–Kier alpha value is -3.10. The Morgan fingerprint density at radius 1 is 1.00 bits per heavy atom. The second kappa shape index (κ2) is 13.0. The first-order chi connectivity index (χ1) is 19.4. The number of carbonyl (C=O) groups is 2. The molecule has 5 rings (SSSR count). The molecule has 0 aromatic heterocycles. The van der Waals surface area contributed by atoms with Crippen molar-refractivity contribution in [2.24, 2.45) is 0 Å². The van der Waals surface area contributed by atoms with Gasteiger partial charge in [0.05, 0.1) is 19.3 Å². The maximum atomic E-state index is 13.1. The highest BCUT2D eigenvalue weighted by molar-refractivity contribution is 5.96. The zero-order chi connectivity index (χ0) is 28.1. The second-order valence-corrected chi connectivity index (χ2v) is 11.3. The minimum atomic E-state index is -0.590. The Kier molecular flexibility index (Phi) is 9.27. The van der Waals surface area contributed by atoms with Gasteiger partial charge in [-0.15, -0.1) is 0 Å². The maximum Gasteiger partial charge on any atom is 0.220 e. The quantitative estimate of drug-likeness (QED) is 0.332. The van der Waals surface area contributed by atoms with Crippen molar-refractivity contribution in [1.29, 1.82) is 0 Å². The molecular weight excluding hydrogens is 508 g/mol. The first kappa shape index (κ1) is 28.4. The van der Waals surface area contributed by atoms with Crippen LogP contribution in [0.5, 0.6) is 17.2 Å². The van der Waals surface area contributed by atoms with Gasteiger partial charge in [0.1, 0.15) is 19.0 Å². The molecule has 216 valence electrons. The minimum Gasteiger partial charge on any atom is -0.497 e. The van der Waals surface area contributed by atoms with Crippen molar-refractivity contribution in [3.63, 3.8) is 0 Å². The van der Waals surface area contributed by atoms with Gasteiger partial charge in [-0.1, -0.05) is 18.9 Å². The average Bonchev–Trinajstić information content (AvgIpc) is 2.97. The fourth-order valence-electron chi connectivity index (χ4n) is 6.56. The van der Waals surface area contributed by atoms with Gasteiger partial charge >= 0.3 is 0 Å². The number of methoxy groups -OCH3 is 1. The van der Waals surface area contributed by atoms with Crippen LogP contribution in [0.1, 0.15) is 80.1 Å². The molecule has 2 N–H and O–H groups in total. The van der Waals surface area contributed by atoms with E-state index in [4.69, 9.17) is 14.2 Å². The maximum absolute atomic E-state index is 13.1. The van der Waals surface area contributed by atoms with E-state index < -0.39 is 6.10 Å². The third-order valence-corrected chi connectivity index (χ3v) is 8.73. The number of aliphatic hydroxyl groups is 1. The molecule has 5 atom stereocenters. The summed E-state index contributed by atoms with van der Waals surface area (Å²) in [5.41, 5.74) is 1.65. The number of nitrogens with one attached hydrogen (secondary N) is 1. The first-order valence-electron chi connectivity index (χ1n) is 14.7. The summed E-state index contributed by atoms with van der Waals surface area (Å²) in [7, 11) is 1.60. The van der Waals surface area contributed by atoms with E-state index in [0.29, 0.717) is 56.4 Å². The number of Topliss-reactive ketones (excluding diaryl/α,β-unsaturated/α-hetero) is 1. The predicted molar refractivity (Wildman–Crippen MR) is 152 cm³/mol. The molecule has 3 unspecified atom stereocenters. The largest absolute Gasteiger partial charge is 0.497 e. The van der Waals surface area contributed by atoms with Crippen molar-refractivity contribution in [3.8, 4) is 17.2 Å². The van der Waals surface area contributed by atoms with Crippen molar-refractivity contribution < 1.29 is 28.9 Å². The number of hydrogen-bond donors (Lipinski definition) is 2. The van der Waals surface area contributed by atoms with Crippen molar-refractivity contribution in [2.75, 3.05) is 26.9 Å². The van der Waals surface area contributed by atoms with E-state index in [9.17, 15) is 14.7 Å². The van der Waals surface area contributed by atoms with Crippen molar-refractivity contribution >= 4 is 11.7 Å². The molecule has 8 nitrogen and oxygen atoms in total. The molecular formula is C32H42N2O6. The lowest BCUT2D eigenvalue weighted by Crippen LogP contribution is -2.64. The van der Waals surface area contributed by atoms with E-state index in [1.54, 1.807) is 31.4 Å². The minimum absolute atomic E-state index is 0.00987. The molecule has 8 heteroatoms. The second-order valence-electron chi connectivity index (χ2n) is 11.3. The van der Waals surface area contributed by atoms with E-state index >= 15 is 0 Å². The zero-order valence-electron chi connectivity index (χ0n) is 23.6. The molecule has 2 aromatic carbocycles. The van der Waals surface area contributed by atoms with Crippen LogP contribution in [0.15, 0.2) is 42.5 Å². The van der Waals surface area contributed by atoms with E-state index in [0.717, 1.165) is 49.2 Å². The summed E-state index contributed by atoms with van der Waals surface area (Å²) in [6, 6.07) is 13.3. The van der Waals surface area contributed by atoms with Gasteiger partial charge in [-0.2, -0.15) is 0 Å². The van der Waals surface area contributed by atoms with Crippen LogP contribution in [0.2, 0.25) is 0 Å². The number of ketones is 1. The first-order valence-corrected chi connectivity index (χ1v) is 14.7. The smallest absolute Gasteiger partial charge is 0.220 e. The molecule has 3 heterocycles. The number of ether oxygens (including phenoxy) is 3. The van der Waals surface area contributed by atoms with Gasteiger partial charge in [0.15, 0.2) is 17.3 Å². The molecule has 2 aromatic rings. The van der Waals surface area contributed by atoms with Crippen LogP contribution < -0.4 is 19.5 Å². The van der Waals surface area contributed by atoms with Gasteiger partial charge in [0.2, 0.25) is 5.91 Å². The molecule has 40 heavy (non-hydrogen) atoms. The van der Waals surface area contributed by atoms with E-state index in [1.165, 1.54) is 0 Å². The number of nitrogens with zero attached hydrogens (tertiary/aromatic N) is 1. The van der Waals surface area contributed by atoms with Crippen molar-refractivity contribution in [1.82, 2.24) is 10.2 Å². The molecule has 0 spiro atoms. The standard InChI is InChI=1S/C32H42N2O6/c1-21-7-6-8-26-32(37)31(23-13-16-28-29(19-23)40-18-17-39-28)25(20-34(21)26)33-30(36)10-5-3-4-9-27(35)22-11-14-24(38-2)15-12-22/h11-16,19,21,25-26,31-32,37H,3-10,17-18,20H2,1-2H3,(H,33,36)/t21?,25-,26?,31-,32?/m1/s1. The van der Waals surface area contributed by atoms with E-state index in [-0.39, 0.29) is 29.7 Å². The van der Waals surface area contributed by atoms with Gasteiger partial charge in [0.25, 0.3) is 0 Å². The highest BCUT2D eigenvalue weighted by Crippen LogP contribution is 2.41. The van der Waals surface area contributed by atoms with Crippen LogP contribution in [0.3, 0.4) is 0 Å². The summed E-state index contributed by atoms with van der Waals surface area (Å²) in [5.74, 6) is 2.02. The monoisotopic (exact) mass is 550 g/mol. The fraction of sp³-hybridized carbons (Fsp3) is 0.562. The summed E-state index contributed by atoms with van der Waals surface area (Å²) < 4.78 is 16.7. The summed E-state index contributed by atoms with van der Waals surface area (Å²) in [5, 5.41) is 14.9. The van der Waals surface area contributed by atoms with Crippen LogP contribution >= 0.6 is 0 Å². The molecule has 3 aliphatic heterocycles. The van der Waals surface area contributed by atoms with Crippen LogP contribution in [0.4, 0.5) is 0 Å². The number of piperidine rings is 2. The topological polar surface area (TPSA) is 97.3 Å². The predicted octanol–water partition coefficient (Wildman–Crippen LogP) is 4.49. The third-order valence-electron chi connectivity index (χ3n) is 8.73. The molecule has 0 saturated carbocycles. The summed E-state index contributed by atoms with van der Waals surface area (Å²) in [6.07, 6.45) is 5.70. The zero-order valence-corrected chi connectivity index (χ0v) is 23.6. The number of benzene rings is 2. The van der Waals surface area contributed by atoms with Gasteiger partial charge in [0, 0.05) is 43.0 Å². The number of unbranched alkanes of at least 4 members (excludes halogenated alkanes) is 2. The Morgan fingerprint density at radius 2 is 1.75 bits per heavy atom. The van der Waals surface area contributed by atoms with E-state index in [2.05, 4.69) is 17.1 Å². The van der Waals surface area contributed by atoms with Crippen LogP contribution in [-0.4, -0.2) is 72.8 Å². The third kappa shape index (κ3) is 6.44. The number of fused-ring (bicyclic) bond motifs is 2.